The third-order valence-corrected chi connectivity index (χ3v) is 10.5. The van der Waals surface area contributed by atoms with Crippen molar-refractivity contribution in [2.75, 3.05) is 0 Å². The van der Waals surface area contributed by atoms with Gasteiger partial charge in [0.25, 0.3) is 0 Å². The molecule has 0 radical (unpaired) electrons. The van der Waals surface area contributed by atoms with Gasteiger partial charge in [-0.2, -0.15) is 0 Å². The van der Waals surface area contributed by atoms with Crippen LogP contribution in [0, 0.1) is 0 Å². The van der Waals surface area contributed by atoms with E-state index in [-0.39, 0.29) is 0 Å². The van der Waals surface area contributed by atoms with Gasteiger partial charge < -0.3 is 9.30 Å². The molecule has 0 saturated carbocycles. The Morgan fingerprint density at radius 3 is 1.69 bits per heavy atom. The monoisotopic (exact) mass is 690 g/mol. The van der Waals surface area contributed by atoms with E-state index in [0.29, 0.717) is 17.5 Å². The second-order valence-electron chi connectivity index (χ2n) is 13.6. The Hall–Kier alpha value is -7.37. The van der Waals surface area contributed by atoms with Crippen LogP contribution in [0.25, 0.3) is 94.7 Å². The molecule has 1 aliphatic heterocycles. The minimum atomic E-state index is 0.609. The van der Waals surface area contributed by atoms with Crippen molar-refractivity contribution < 1.29 is 4.74 Å². The second kappa shape index (κ2) is 12.1. The predicted octanol–water partition coefficient (Wildman–Crippen LogP) is 12.6. The number of fused-ring (bicyclic) bond motifs is 5. The van der Waals surface area contributed by atoms with Crippen LogP contribution in [0.15, 0.2) is 182 Å². The van der Waals surface area contributed by atoms with Gasteiger partial charge in [-0.15, -0.1) is 0 Å². The first-order chi connectivity index (χ1) is 26.8. The highest BCUT2D eigenvalue weighted by Gasteiger charge is 2.24. The number of rotatable bonds is 5. The summed E-state index contributed by atoms with van der Waals surface area (Å²) in [6.07, 6.45) is 0. The number of ether oxygens (including phenoxy) is 1. The van der Waals surface area contributed by atoms with Gasteiger partial charge in [0, 0.05) is 44.1 Å². The van der Waals surface area contributed by atoms with Crippen molar-refractivity contribution in [1.82, 2.24) is 19.5 Å². The molecule has 1 aliphatic rings. The number of hydrogen-bond donors (Lipinski definition) is 0. The van der Waals surface area contributed by atoms with E-state index < -0.39 is 0 Å². The molecule has 252 valence electrons. The van der Waals surface area contributed by atoms with Crippen molar-refractivity contribution in [3.05, 3.63) is 182 Å². The first-order valence-corrected chi connectivity index (χ1v) is 18.1. The van der Waals surface area contributed by atoms with Crippen molar-refractivity contribution >= 4 is 32.6 Å². The average Bonchev–Trinajstić information content (AvgIpc) is 3.59. The number of nitrogens with zero attached hydrogens (tertiary/aromatic N) is 4. The summed E-state index contributed by atoms with van der Waals surface area (Å²) in [4.78, 5) is 15.3. The lowest BCUT2D eigenvalue weighted by molar-refractivity contribution is 0.487. The molecular formula is C49H30N4O. The van der Waals surface area contributed by atoms with Crippen LogP contribution in [-0.4, -0.2) is 19.5 Å². The van der Waals surface area contributed by atoms with E-state index in [0.717, 1.165) is 66.9 Å². The molecule has 0 N–H and O–H groups in total. The third kappa shape index (κ3) is 4.83. The van der Waals surface area contributed by atoms with Gasteiger partial charge in [-0.1, -0.05) is 133 Å². The minimum Gasteiger partial charge on any atom is -0.456 e. The van der Waals surface area contributed by atoms with E-state index in [1.807, 2.05) is 42.5 Å². The van der Waals surface area contributed by atoms with Crippen LogP contribution < -0.4 is 4.74 Å². The van der Waals surface area contributed by atoms with Crippen molar-refractivity contribution in [3.63, 3.8) is 0 Å². The Morgan fingerprint density at radius 1 is 0.352 bits per heavy atom. The molecule has 10 aromatic rings. The molecule has 11 rings (SSSR count). The standard InChI is InChI=1S/C49H30N4O/c1-3-13-31(14-4-1)33-17-11-18-34(29-33)48-50-47(32-15-5-2-6-16-32)51-49(52-48)40-26-28-45-46-38(40)21-12-22-39(46)41-30-35(25-27-44(41)54-45)53-42-23-9-7-19-36(42)37-20-8-10-24-43(37)53/h1-30H. The maximum atomic E-state index is 6.67. The Labute approximate surface area is 311 Å². The van der Waals surface area contributed by atoms with Crippen LogP contribution in [0.4, 0.5) is 0 Å². The molecule has 5 nitrogen and oxygen atoms in total. The van der Waals surface area contributed by atoms with Crippen molar-refractivity contribution in [2.24, 2.45) is 0 Å². The van der Waals surface area contributed by atoms with Crippen LogP contribution in [-0.2, 0) is 0 Å². The fraction of sp³-hybridized carbons (Fsp3) is 0. The molecule has 54 heavy (non-hydrogen) atoms. The molecule has 0 bridgehead atoms. The molecule has 2 aromatic heterocycles. The summed E-state index contributed by atoms with van der Waals surface area (Å²) in [6.45, 7) is 0. The molecule has 0 fully saturated rings. The van der Waals surface area contributed by atoms with Gasteiger partial charge in [0.15, 0.2) is 17.5 Å². The van der Waals surface area contributed by atoms with Gasteiger partial charge in [0.2, 0.25) is 0 Å². The maximum absolute atomic E-state index is 6.67. The van der Waals surface area contributed by atoms with Gasteiger partial charge in [0.05, 0.1) is 11.0 Å². The summed E-state index contributed by atoms with van der Waals surface area (Å²) in [6, 6.07) is 63.2. The van der Waals surface area contributed by atoms with Crippen molar-refractivity contribution in [3.8, 4) is 73.6 Å². The van der Waals surface area contributed by atoms with E-state index in [4.69, 9.17) is 19.7 Å². The third-order valence-electron chi connectivity index (χ3n) is 10.5. The van der Waals surface area contributed by atoms with Crippen LogP contribution in [0.3, 0.4) is 0 Å². The maximum Gasteiger partial charge on any atom is 0.164 e. The number of benzene rings is 8. The molecule has 5 heteroatoms. The van der Waals surface area contributed by atoms with Crippen molar-refractivity contribution in [1.29, 1.82) is 0 Å². The van der Waals surface area contributed by atoms with Gasteiger partial charge >= 0.3 is 0 Å². The Kier molecular flexibility index (Phi) is 6.79. The lowest BCUT2D eigenvalue weighted by Crippen LogP contribution is -2.03. The smallest absolute Gasteiger partial charge is 0.164 e. The first kappa shape index (κ1) is 30.3. The van der Waals surface area contributed by atoms with E-state index in [9.17, 15) is 0 Å². The van der Waals surface area contributed by atoms with Gasteiger partial charge in [0.1, 0.15) is 11.5 Å². The van der Waals surface area contributed by atoms with Crippen LogP contribution in [0.2, 0.25) is 0 Å². The molecule has 0 saturated heterocycles. The van der Waals surface area contributed by atoms with Gasteiger partial charge in [-0.25, -0.2) is 15.0 Å². The molecule has 0 spiro atoms. The largest absolute Gasteiger partial charge is 0.456 e. The summed E-state index contributed by atoms with van der Waals surface area (Å²) in [5.41, 5.74) is 10.6. The fourth-order valence-corrected chi connectivity index (χ4v) is 7.96. The van der Waals surface area contributed by atoms with E-state index in [1.165, 1.54) is 21.8 Å². The quantitative estimate of drug-likeness (QED) is 0.180. The second-order valence-corrected chi connectivity index (χ2v) is 13.6. The molecule has 3 heterocycles. The molecular weight excluding hydrogens is 661 g/mol. The molecule has 8 aromatic carbocycles. The van der Waals surface area contributed by atoms with Crippen LogP contribution in [0.1, 0.15) is 0 Å². The zero-order valence-corrected chi connectivity index (χ0v) is 29.0. The SMILES string of the molecule is c1ccc(-c2cccc(-c3nc(-c4ccccc4)nc(-c4ccc5c6c(cccc46)-c4cc(-n6c7ccccc7c7ccccc76)ccc4O5)n3)c2)cc1. The van der Waals surface area contributed by atoms with E-state index >= 15 is 0 Å². The fourth-order valence-electron chi connectivity index (χ4n) is 7.96. The predicted molar refractivity (Wildman–Crippen MR) is 219 cm³/mol. The highest BCUT2D eigenvalue weighted by atomic mass is 16.5. The molecule has 0 atom stereocenters. The minimum absolute atomic E-state index is 0.609. The van der Waals surface area contributed by atoms with Gasteiger partial charge in [-0.3, -0.25) is 0 Å². The normalized spacial score (nSPS) is 11.9. The summed E-state index contributed by atoms with van der Waals surface area (Å²) < 4.78 is 9.02. The average molecular weight is 691 g/mol. The Morgan fingerprint density at radius 2 is 0.926 bits per heavy atom. The number of hydrogen-bond acceptors (Lipinski definition) is 4. The van der Waals surface area contributed by atoms with Crippen molar-refractivity contribution in [2.45, 2.75) is 0 Å². The van der Waals surface area contributed by atoms with Crippen LogP contribution >= 0.6 is 0 Å². The summed E-state index contributed by atoms with van der Waals surface area (Å²) in [5.74, 6) is 3.50. The zero-order valence-electron chi connectivity index (χ0n) is 29.0. The number of aromatic nitrogens is 4. The molecule has 0 unspecified atom stereocenters. The summed E-state index contributed by atoms with van der Waals surface area (Å²) in [7, 11) is 0. The van der Waals surface area contributed by atoms with E-state index in [2.05, 4.69) is 144 Å². The topological polar surface area (TPSA) is 52.8 Å². The molecule has 0 amide bonds. The summed E-state index contributed by atoms with van der Waals surface area (Å²) in [5, 5.41) is 4.53. The highest BCUT2D eigenvalue weighted by molar-refractivity contribution is 6.11. The van der Waals surface area contributed by atoms with Crippen LogP contribution in [0.5, 0.6) is 11.5 Å². The lowest BCUT2D eigenvalue weighted by Gasteiger charge is -2.23. The highest BCUT2D eigenvalue weighted by Crippen LogP contribution is 2.49. The van der Waals surface area contributed by atoms with Gasteiger partial charge in [-0.05, 0) is 70.6 Å². The Bertz CT molecular complexity index is 3020. The van der Waals surface area contributed by atoms with E-state index in [1.54, 1.807) is 0 Å². The molecule has 0 aliphatic carbocycles. The summed E-state index contributed by atoms with van der Waals surface area (Å²) >= 11 is 0. The Balaban J connectivity index is 1.09. The first-order valence-electron chi connectivity index (χ1n) is 18.1. The number of para-hydroxylation sites is 2. The zero-order chi connectivity index (χ0) is 35.6. The lowest BCUT2D eigenvalue weighted by atomic mass is 9.92.